The van der Waals surface area contributed by atoms with E-state index in [1.165, 1.54) is 24.9 Å². The maximum Gasteiger partial charge on any atom is 0.261 e. The Balaban J connectivity index is 1.60. The van der Waals surface area contributed by atoms with Gasteiger partial charge in [-0.15, -0.1) is 0 Å². The van der Waals surface area contributed by atoms with Gasteiger partial charge in [0.1, 0.15) is 5.75 Å². The Kier molecular flexibility index (Phi) is 7.41. The molecule has 1 heterocycles. The standard InChI is InChI=1S/C26H36N2O2/c1-18(2)24-14-9-19(3)17-25(24)30-21(5)26(29)27-20(4)22-10-12-23(13-11-22)28-15-7-6-8-16-28/h9-14,17-18,20-21H,6-8,15-16H2,1-5H3,(H,27,29)/t20-,21-/m1/s1. The highest BCUT2D eigenvalue weighted by Crippen LogP contribution is 2.28. The molecule has 3 rings (SSSR count). The zero-order valence-electron chi connectivity index (χ0n) is 19.1. The SMILES string of the molecule is Cc1ccc(C(C)C)c(O[C@H](C)C(=O)N[C@H](C)c2ccc(N3CCCCC3)cc2)c1. The topological polar surface area (TPSA) is 41.6 Å². The summed E-state index contributed by atoms with van der Waals surface area (Å²) in [5.41, 5.74) is 4.63. The average Bonchev–Trinajstić information content (AvgIpc) is 2.74. The molecule has 2 aromatic rings. The van der Waals surface area contributed by atoms with Crippen LogP contribution in [0.4, 0.5) is 5.69 Å². The maximum absolute atomic E-state index is 12.8. The van der Waals surface area contributed by atoms with Gasteiger partial charge in [-0.3, -0.25) is 4.79 Å². The molecule has 0 spiro atoms. The number of piperidine rings is 1. The first kappa shape index (κ1) is 22.2. The fourth-order valence-electron chi connectivity index (χ4n) is 4.00. The van der Waals surface area contributed by atoms with E-state index in [9.17, 15) is 4.79 Å². The summed E-state index contributed by atoms with van der Waals surface area (Å²) in [5, 5.41) is 3.10. The van der Waals surface area contributed by atoms with E-state index in [-0.39, 0.29) is 11.9 Å². The number of nitrogens with zero attached hydrogens (tertiary/aromatic N) is 1. The van der Waals surface area contributed by atoms with Crippen molar-refractivity contribution < 1.29 is 9.53 Å². The third-order valence-electron chi connectivity index (χ3n) is 5.94. The van der Waals surface area contributed by atoms with Crippen LogP contribution in [0.5, 0.6) is 5.75 Å². The van der Waals surface area contributed by atoms with Crippen molar-refractivity contribution in [2.24, 2.45) is 0 Å². The molecule has 1 saturated heterocycles. The molecule has 1 amide bonds. The lowest BCUT2D eigenvalue weighted by Gasteiger charge is -2.29. The number of benzene rings is 2. The molecule has 1 aliphatic heterocycles. The lowest BCUT2D eigenvalue weighted by atomic mass is 10.0. The summed E-state index contributed by atoms with van der Waals surface area (Å²) in [4.78, 5) is 15.2. The second kappa shape index (κ2) is 10.0. The van der Waals surface area contributed by atoms with Crippen molar-refractivity contribution in [3.63, 3.8) is 0 Å². The number of aryl methyl sites for hydroxylation is 1. The van der Waals surface area contributed by atoms with Crippen molar-refractivity contribution in [3.05, 3.63) is 59.2 Å². The summed E-state index contributed by atoms with van der Waals surface area (Å²) in [6.07, 6.45) is 3.32. The number of anilines is 1. The number of amides is 1. The van der Waals surface area contributed by atoms with Crippen LogP contribution in [-0.4, -0.2) is 25.1 Å². The number of carbonyl (C=O) groups excluding carboxylic acids is 1. The van der Waals surface area contributed by atoms with Gasteiger partial charge in [0.05, 0.1) is 6.04 Å². The van der Waals surface area contributed by atoms with Gasteiger partial charge in [-0.25, -0.2) is 0 Å². The number of ether oxygens (including phenoxy) is 1. The van der Waals surface area contributed by atoms with Crippen LogP contribution < -0.4 is 15.0 Å². The maximum atomic E-state index is 12.8. The van der Waals surface area contributed by atoms with Gasteiger partial charge in [0.15, 0.2) is 6.10 Å². The van der Waals surface area contributed by atoms with Crippen LogP contribution in [0.2, 0.25) is 0 Å². The lowest BCUT2D eigenvalue weighted by Crippen LogP contribution is -2.38. The van der Waals surface area contributed by atoms with E-state index in [4.69, 9.17) is 4.74 Å². The minimum absolute atomic E-state index is 0.0685. The number of carbonyl (C=O) groups is 1. The Labute approximate surface area is 181 Å². The van der Waals surface area contributed by atoms with Crippen LogP contribution >= 0.6 is 0 Å². The number of nitrogens with one attached hydrogen (secondary N) is 1. The molecule has 30 heavy (non-hydrogen) atoms. The second-order valence-electron chi connectivity index (χ2n) is 8.83. The van der Waals surface area contributed by atoms with Gasteiger partial charge in [-0.1, -0.05) is 38.1 Å². The van der Waals surface area contributed by atoms with E-state index in [1.807, 2.05) is 26.8 Å². The van der Waals surface area contributed by atoms with Crippen molar-refractivity contribution in [3.8, 4) is 5.75 Å². The molecule has 0 unspecified atom stereocenters. The molecule has 1 fully saturated rings. The largest absolute Gasteiger partial charge is 0.481 e. The number of hydrogen-bond acceptors (Lipinski definition) is 3. The minimum Gasteiger partial charge on any atom is -0.481 e. The molecule has 4 heteroatoms. The molecule has 162 valence electrons. The molecule has 0 radical (unpaired) electrons. The monoisotopic (exact) mass is 408 g/mol. The smallest absolute Gasteiger partial charge is 0.261 e. The fourth-order valence-corrected chi connectivity index (χ4v) is 4.00. The van der Waals surface area contributed by atoms with Gasteiger partial charge in [0, 0.05) is 18.8 Å². The van der Waals surface area contributed by atoms with Crippen LogP contribution in [0.15, 0.2) is 42.5 Å². The van der Waals surface area contributed by atoms with Crippen molar-refractivity contribution in [2.45, 2.75) is 71.9 Å². The predicted molar refractivity (Wildman–Crippen MR) is 124 cm³/mol. The Morgan fingerprint density at radius 3 is 2.27 bits per heavy atom. The molecule has 0 aliphatic carbocycles. The summed E-state index contributed by atoms with van der Waals surface area (Å²) in [5.74, 6) is 1.04. The first-order valence-electron chi connectivity index (χ1n) is 11.3. The van der Waals surface area contributed by atoms with Gasteiger partial charge in [0.2, 0.25) is 0 Å². The Morgan fingerprint density at radius 1 is 0.967 bits per heavy atom. The van der Waals surface area contributed by atoms with E-state index in [0.29, 0.717) is 5.92 Å². The highest BCUT2D eigenvalue weighted by Gasteiger charge is 2.20. The Morgan fingerprint density at radius 2 is 1.63 bits per heavy atom. The molecule has 4 nitrogen and oxygen atoms in total. The van der Waals surface area contributed by atoms with E-state index in [1.54, 1.807) is 0 Å². The summed E-state index contributed by atoms with van der Waals surface area (Å²) in [7, 11) is 0. The van der Waals surface area contributed by atoms with Gasteiger partial charge in [0.25, 0.3) is 5.91 Å². The third kappa shape index (κ3) is 5.56. The number of rotatable bonds is 7. The Hall–Kier alpha value is -2.49. The zero-order chi connectivity index (χ0) is 21.7. The number of hydrogen-bond donors (Lipinski definition) is 1. The third-order valence-corrected chi connectivity index (χ3v) is 5.94. The molecule has 2 atom stereocenters. The minimum atomic E-state index is -0.556. The van der Waals surface area contributed by atoms with E-state index in [2.05, 4.69) is 60.5 Å². The molecular formula is C26H36N2O2. The summed E-state index contributed by atoms with van der Waals surface area (Å²) < 4.78 is 6.07. The molecule has 1 N–H and O–H groups in total. The van der Waals surface area contributed by atoms with Crippen molar-refractivity contribution in [2.75, 3.05) is 18.0 Å². The van der Waals surface area contributed by atoms with E-state index >= 15 is 0 Å². The summed E-state index contributed by atoms with van der Waals surface area (Å²) >= 11 is 0. The van der Waals surface area contributed by atoms with Gasteiger partial charge >= 0.3 is 0 Å². The van der Waals surface area contributed by atoms with E-state index < -0.39 is 6.10 Å². The Bertz CT molecular complexity index is 839. The molecule has 0 bridgehead atoms. The fraction of sp³-hybridized carbons (Fsp3) is 0.500. The molecule has 2 aromatic carbocycles. The van der Waals surface area contributed by atoms with Crippen LogP contribution in [0.1, 0.15) is 75.6 Å². The highest BCUT2D eigenvalue weighted by atomic mass is 16.5. The van der Waals surface area contributed by atoms with Gasteiger partial charge in [-0.05, 0) is 80.8 Å². The zero-order valence-corrected chi connectivity index (χ0v) is 19.1. The predicted octanol–water partition coefficient (Wildman–Crippen LogP) is 5.75. The van der Waals surface area contributed by atoms with Crippen LogP contribution in [0.25, 0.3) is 0 Å². The molecular weight excluding hydrogens is 372 g/mol. The first-order chi connectivity index (χ1) is 14.3. The first-order valence-corrected chi connectivity index (χ1v) is 11.3. The van der Waals surface area contributed by atoms with Crippen LogP contribution in [-0.2, 0) is 4.79 Å². The summed E-state index contributed by atoms with van der Waals surface area (Å²) in [6, 6.07) is 14.7. The van der Waals surface area contributed by atoms with Crippen molar-refractivity contribution >= 4 is 11.6 Å². The van der Waals surface area contributed by atoms with Gasteiger partial charge < -0.3 is 15.0 Å². The molecule has 0 aromatic heterocycles. The van der Waals surface area contributed by atoms with Crippen molar-refractivity contribution in [1.82, 2.24) is 5.32 Å². The van der Waals surface area contributed by atoms with E-state index in [0.717, 1.165) is 35.5 Å². The normalized spacial score (nSPS) is 16.3. The molecule has 0 saturated carbocycles. The van der Waals surface area contributed by atoms with Crippen LogP contribution in [0.3, 0.4) is 0 Å². The second-order valence-corrected chi connectivity index (χ2v) is 8.83. The average molecular weight is 409 g/mol. The van der Waals surface area contributed by atoms with Crippen molar-refractivity contribution in [1.29, 1.82) is 0 Å². The molecule has 1 aliphatic rings. The highest BCUT2D eigenvalue weighted by molar-refractivity contribution is 5.81. The van der Waals surface area contributed by atoms with Crippen LogP contribution in [0, 0.1) is 6.92 Å². The quantitative estimate of drug-likeness (QED) is 0.634. The lowest BCUT2D eigenvalue weighted by molar-refractivity contribution is -0.127. The van der Waals surface area contributed by atoms with Gasteiger partial charge in [-0.2, -0.15) is 0 Å². The summed E-state index contributed by atoms with van der Waals surface area (Å²) in [6.45, 7) is 12.4.